The number of hydrogen-bond acceptors (Lipinski definition) is 4. The first-order valence-electron chi connectivity index (χ1n) is 7.87. The molecule has 120 valence electrons. The van der Waals surface area contributed by atoms with E-state index in [0.29, 0.717) is 0 Å². The molecule has 3 heterocycles. The molecule has 2 amide bonds. The van der Waals surface area contributed by atoms with Gasteiger partial charge in [0.25, 0.3) is 0 Å². The van der Waals surface area contributed by atoms with Gasteiger partial charge in [-0.2, -0.15) is 0 Å². The molecule has 4 rings (SSSR count). The molecule has 0 aliphatic carbocycles. The second-order valence-corrected chi connectivity index (χ2v) is 6.43. The van der Waals surface area contributed by atoms with E-state index in [2.05, 4.69) is 0 Å². The van der Waals surface area contributed by atoms with Crippen LogP contribution in [-0.4, -0.2) is 46.0 Å². The van der Waals surface area contributed by atoms with E-state index >= 15 is 0 Å². The largest absolute Gasteiger partial charge is 0.480 e. The molecule has 1 N–H and O–H groups in total. The summed E-state index contributed by atoms with van der Waals surface area (Å²) in [7, 11) is 0. The quantitative estimate of drug-likeness (QED) is 0.833. The van der Waals surface area contributed by atoms with E-state index in [0.717, 1.165) is 23.3 Å². The smallest absolute Gasteiger partial charge is 0.327 e. The van der Waals surface area contributed by atoms with Gasteiger partial charge < -0.3 is 9.84 Å². The number of aliphatic carboxylic acids is 1. The monoisotopic (exact) mass is 315 g/mol. The summed E-state index contributed by atoms with van der Waals surface area (Å²) in [6.45, 7) is 0. The van der Waals surface area contributed by atoms with Gasteiger partial charge in [-0.3, -0.25) is 14.5 Å². The second kappa shape index (κ2) is 5.16. The predicted octanol–water partition coefficient (Wildman–Crippen LogP) is 0.845. The van der Waals surface area contributed by atoms with Gasteiger partial charge in [-0.05, 0) is 18.4 Å². The van der Waals surface area contributed by atoms with Crippen molar-refractivity contribution >= 4 is 17.8 Å². The van der Waals surface area contributed by atoms with Crippen LogP contribution in [0.1, 0.15) is 18.4 Å². The number of benzene rings is 1. The van der Waals surface area contributed by atoms with Crippen molar-refractivity contribution in [2.24, 2.45) is 11.8 Å². The lowest BCUT2D eigenvalue weighted by molar-refractivity contribution is -0.156. The fourth-order valence-electron chi connectivity index (χ4n) is 4.17. The summed E-state index contributed by atoms with van der Waals surface area (Å²) in [4.78, 5) is 38.1. The number of fused-ring (bicyclic) bond motifs is 5. The van der Waals surface area contributed by atoms with E-state index in [1.54, 1.807) is 12.1 Å². The summed E-state index contributed by atoms with van der Waals surface area (Å²) in [6.07, 6.45) is 1.23. The van der Waals surface area contributed by atoms with Crippen LogP contribution < -0.4 is 0 Å². The molecule has 2 bridgehead atoms. The Labute approximate surface area is 133 Å². The van der Waals surface area contributed by atoms with E-state index in [1.165, 1.54) is 0 Å². The Morgan fingerprint density at radius 1 is 1.13 bits per heavy atom. The van der Waals surface area contributed by atoms with Crippen molar-refractivity contribution in [3.63, 3.8) is 0 Å². The van der Waals surface area contributed by atoms with E-state index in [4.69, 9.17) is 4.74 Å². The highest BCUT2D eigenvalue weighted by Crippen LogP contribution is 2.49. The first kappa shape index (κ1) is 14.4. The molecule has 3 aliphatic heterocycles. The fourth-order valence-corrected chi connectivity index (χ4v) is 4.17. The molecular weight excluding hydrogens is 298 g/mol. The van der Waals surface area contributed by atoms with Crippen LogP contribution >= 0.6 is 0 Å². The summed E-state index contributed by atoms with van der Waals surface area (Å²) in [5.74, 6) is -2.88. The average molecular weight is 315 g/mol. The minimum atomic E-state index is -1.15. The molecule has 4 unspecified atom stereocenters. The Balaban J connectivity index is 1.63. The molecule has 0 saturated carbocycles. The first-order chi connectivity index (χ1) is 11.1. The molecule has 0 aromatic heterocycles. The van der Waals surface area contributed by atoms with Gasteiger partial charge in [0.2, 0.25) is 11.8 Å². The number of hydrogen-bond donors (Lipinski definition) is 1. The molecule has 1 aromatic rings. The highest BCUT2D eigenvalue weighted by atomic mass is 16.5. The number of carbonyl (C=O) groups excluding carboxylic acids is 2. The van der Waals surface area contributed by atoms with Crippen molar-refractivity contribution in [2.75, 3.05) is 0 Å². The van der Waals surface area contributed by atoms with E-state index in [1.807, 2.05) is 18.2 Å². The van der Waals surface area contributed by atoms with Gasteiger partial charge in [-0.15, -0.1) is 0 Å². The van der Waals surface area contributed by atoms with Gasteiger partial charge in [-0.25, -0.2) is 4.79 Å². The van der Waals surface area contributed by atoms with Gasteiger partial charge in [0.05, 0.1) is 24.0 Å². The van der Waals surface area contributed by atoms with Crippen LogP contribution in [0.25, 0.3) is 0 Å². The van der Waals surface area contributed by atoms with Crippen LogP contribution in [0.15, 0.2) is 30.3 Å². The Morgan fingerprint density at radius 3 is 2.22 bits per heavy atom. The maximum Gasteiger partial charge on any atom is 0.327 e. The zero-order valence-electron chi connectivity index (χ0n) is 12.4. The number of likely N-dealkylation sites (tertiary alicyclic amines) is 1. The highest BCUT2D eigenvalue weighted by molar-refractivity contribution is 6.08. The Hall–Kier alpha value is -2.21. The SMILES string of the molecule is O=C(O)C(Cc1ccccc1)N1C(=O)C2C3CC[C@H](O3)C2C1=O. The molecule has 1 aromatic carbocycles. The van der Waals surface area contributed by atoms with E-state index < -0.39 is 23.8 Å². The van der Waals surface area contributed by atoms with Gasteiger partial charge in [0.1, 0.15) is 6.04 Å². The van der Waals surface area contributed by atoms with Crippen molar-refractivity contribution in [2.45, 2.75) is 37.5 Å². The van der Waals surface area contributed by atoms with Crippen LogP contribution in [0, 0.1) is 11.8 Å². The van der Waals surface area contributed by atoms with Crippen LogP contribution in [-0.2, 0) is 25.5 Å². The highest BCUT2D eigenvalue weighted by Gasteiger charge is 2.63. The molecular formula is C17H17NO5. The number of carboxylic acid groups (broad SMARTS) is 1. The number of imide groups is 1. The molecule has 0 radical (unpaired) electrons. The number of amides is 2. The average Bonchev–Trinajstić information content (AvgIpc) is 3.21. The summed E-state index contributed by atoms with van der Waals surface area (Å²) < 4.78 is 5.67. The standard InChI is InChI=1S/C17H17NO5/c19-15-13-11-6-7-12(23-11)14(13)16(20)18(15)10(17(21)22)8-9-4-2-1-3-5-9/h1-5,10-14H,6-8H2,(H,21,22)/t10?,11-,12?,13?,14?/m0/s1. The maximum atomic E-state index is 12.7. The third-order valence-electron chi connectivity index (χ3n) is 5.19. The number of ether oxygens (including phenoxy) is 1. The lowest BCUT2D eigenvalue weighted by Gasteiger charge is -2.24. The van der Waals surface area contributed by atoms with Crippen molar-refractivity contribution in [1.29, 1.82) is 0 Å². The number of carboxylic acids is 1. The van der Waals surface area contributed by atoms with Crippen LogP contribution in [0.3, 0.4) is 0 Å². The predicted molar refractivity (Wildman–Crippen MR) is 78.3 cm³/mol. The van der Waals surface area contributed by atoms with Gasteiger partial charge >= 0.3 is 5.97 Å². The maximum absolute atomic E-state index is 12.7. The number of rotatable bonds is 4. The number of nitrogens with zero attached hydrogens (tertiary/aromatic N) is 1. The minimum Gasteiger partial charge on any atom is -0.480 e. The van der Waals surface area contributed by atoms with Gasteiger partial charge in [0.15, 0.2) is 0 Å². The van der Waals surface area contributed by atoms with Crippen LogP contribution in [0.5, 0.6) is 0 Å². The Kier molecular flexibility index (Phi) is 3.23. The first-order valence-corrected chi connectivity index (χ1v) is 7.87. The topological polar surface area (TPSA) is 83.9 Å². The molecule has 3 fully saturated rings. The summed E-state index contributed by atoms with van der Waals surface area (Å²) in [5.41, 5.74) is 0.789. The normalized spacial score (nSPS) is 33.1. The lowest BCUT2D eigenvalue weighted by atomic mass is 9.81. The van der Waals surface area contributed by atoms with Crippen LogP contribution in [0.4, 0.5) is 0 Å². The van der Waals surface area contributed by atoms with E-state index in [-0.39, 0.29) is 30.4 Å². The zero-order chi connectivity index (χ0) is 16.1. The summed E-state index contributed by atoms with van der Waals surface area (Å²) in [5, 5.41) is 9.56. The summed E-state index contributed by atoms with van der Waals surface area (Å²) in [6, 6.07) is 7.91. The van der Waals surface area contributed by atoms with Gasteiger partial charge in [-0.1, -0.05) is 30.3 Å². The molecule has 23 heavy (non-hydrogen) atoms. The number of carbonyl (C=O) groups is 3. The Bertz CT molecular complexity index is 645. The van der Waals surface area contributed by atoms with E-state index in [9.17, 15) is 19.5 Å². The third kappa shape index (κ3) is 2.09. The zero-order valence-corrected chi connectivity index (χ0v) is 12.4. The van der Waals surface area contributed by atoms with Crippen molar-refractivity contribution in [1.82, 2.24) is 4.90 Å². The fraction of sp³-hybridized carbons (Fsp3) is 0.471. The molecule has 3 saturated heterocycles. The van der Waals surface area contributed by atoms with Crippen molar-refractivity contribution < 1.29 is 24.2 Å². The molecule has 0 spiro atoms. The summed E-state index contributed by atoms with van der Waals surface area (Å²) >= 11 is 0. The van der Waals surface area contributed by atoms with Crippen molar-refractivity contribution in [3.8, 4) is 0 Å². The molecule has 5 atom stereocenters. The minimum absolute atomic E-state index is 0.128. The lowest BCUT2D eigenvalue weighted by Crippen LogP contribution is -2.48. The van der Waals surface area contributed by atoms with Crippen molar-refractivity contribution in [3.05, 3.63) is 35.9 Å². The molecule has 6 nitrogen and oxygen atoms in total. The Morgan fingerprint density at radius 2 is 1.70 bits per heavy atom. The molecule has 3 aliphatic rings. The molecule has 6 heteroatoms. The van der Waals surface area contributed by atoms with Gasteiger partial charge in [0, 0.05) is 6.42 Å². The third-order valence-corrected chi connectivity index (χ3v) is 5.19. The second-order valence-electron chi connectivity index (χ2n) is 6.43. The van der Waals surface area contributed by atoms with Crippen LogP contribution in [0.2, 0.25) is 0 Å².